The molecule has 0 saturated heterocycles. The first kappa shape index (κ1) is 15.5. The van der Waals surface area contributed by atoms with Crippen LogP contribution >= 0.6 is 11.6 Å². The molecule has 3 N–H and O–H groups in total. The van der Waals surface area contributed by atoms with Gasteiger partial charge in [-0.25, -0.2) is 8.42 Å². The third kappa shape index (κ3) is 3.80. The van der Waals surface area contributed by atoms with Gasteiger partial charge in [0, 0.05) is 6.07 Å². The molecule has 0 bridgehead atoms. The van der Waals surface area contributed by atoms with Crippen molar-refractivity contribution in [2.75, 3.05) is 17.1 Å². The highest BCUT2D eigenvalue weighted by molar-refractivity contribution is 7.92. The molecule has 112 valence electrons. The number of anilines is 2. The molecule has 7 heteroatoms. The van der Waals surface area contributed by atoms with Crippen LogP contribution in [0.1, 0.15) is 6.92 Å². The number of nitrogens with two attached hydrogens (primary N) is 1. The highest BCUT2D eigenvalue weighted by atomic mass is 35.5. The first-order valence-electron chi connectivity index (χ1n) is 6.23. The van der Waals surface area contributed by atoms with Crippen LogP contribution in [-0.2, 0) is 10.0 Å². The van der Waals surface area contributed by atoms with E-state index in [4.69, 9.17) is 22.1 Å². The minimum Gasteiger partial charge on any atom is -0.494 e. The SMILES string of the molecule is CCOc1cccc(NS(=O)(=O)c2ccc(N)c(Cl)c2)c1. The van der Waals surface area contributed by atoms with Crippen LogP contribution < -0.4 is 15.2 Å². The predicted octanol–water partition coefficient (Wildman–Crippen LogP) is 3.12. The summed E-state index contributed by atoms with van der Waals surface area (Å²) in [6, 6.07) is 10.9. The number of halogens is 1. The molecule has 0 aliphatic heterocycles. The molecule has 0 spiro atoms. The van der Waals surface area contributed by atoms with Crippen LogP contribution in [0.5, 0.6) is 5.75 Å². The number of nitrogen functional groups attached to an aromatic ring is 1. The Morgan fingerprint density at radius 2 is 2.00 bits per heavy atom. The van der Waals surface area contributed by atoms with E-state index in [1.807, 2.05) is 6.92 Å². The van der Waals surface area contributed by atoms with Gasteiger partial charge in [-0.3, -0.25) is 4.72 Å². The summed E-state index contributed by atoms with van der Waals surface area (Å²) in [6.45, 7) is 2.36. The van der Waals surface area contributed by atoms with Crippen LogP contribution in [0.3, 0.4) is 0 Å². The maximum absolute atomic E-state index is 12.3. The number of rotatable bonds is 5. The van der Waals surface area contributed by atoms with Crippen molar-refractivity contribution in [1.29, 1.82) is 0 Å². The van der Waals surface area contributed by atoms with Gasteiger partial charge in [0.15, 0.2) is 0 Å². The summed E-state index contributed by atoms with van der Waals surface area (Å²) in [5.41, 5.74) is 6.31. The topological polar surface area (TPSA) is 81.4 Å². The van der Waals surface area contributed by atoms with Gasteiger partial charge in [-0.15, -0.1) is 0 Å². The quantitative estimate of drug-likeness (QED) is 0.827. The molecular formula is C14H15ClN2O3S. The summed E-state index contributed by atoms with van der Waals surface area (Å²) in [4.78, 5) is 0.0449. The van der Waals surface area contributed by atoms with E-state index in [9.17, 15) is 8.42 Å². The first-order valence-corrected chi connectivity index (χ1v) is 8.09. The van der Waals surface area contributed by atoms with E-state index in [2.05, 4.69) is 4.72 Å². The Labute approximate surface area is 128 Å². The maximum Gasteiger partial charge on any atom is 0.261 e. The van der Waals surface area contributed by atoms with Crippen molar-refractivity contribution in [2.24, 2.45) is 0 Å². The van der Waals surface area contributed by atoms with Gasteiger partial charge in [-0.1, -0.05) is 17.7 Å². The van der Waals surface area contributed by atoms with Crippen molar-refractivity contribution in [1.82, 2.24) is 0 Å². The van der Waals surface area contributed by atoms with Crippen LogP contribution in [-0.4, -0.2) is 15.0 Å². The fourth-order valence-electron chi connectivity index (χ4n) is 1.71. The van der Waals surface area contributed by atoms with Crippen LogP contribution in [0.15, 0.2) is 47.4 Å². The summed E-state index contributed by atoms with van der Waals surface area (Å²) >= 11 is 5.85. The van der Waals surface area contributed by atoms with Gasteiger partial charge in [0.2, 0.25) is 0 Å². The lowest BCUT2D eigenvalue weighted by Gasteiger charge is -2.10. The molecule has 0 aliphatic rings. The second kappa shape index (κ2) is 6.24. The molecule has 2 aromatic rings. The predicted molar refractivity (Wildman–Crippen MR) is 84.3 cm³/mol. The third-order valence-corrected chi connectivity index (χ3v) is 4.39. The van der Waals surface area contributed by atoms with E-state index < -0.39 is 10.0 Å². The highest BCUT2D eigenvalue weighted by Gasteiger charge is 2.15. The standard InChI is InChI=1S/C14H15ClN2O3S/c1-2-20-11-5-3-4-10(8-11)17-21(18,19)12-6-7-14(16)13(15)9-12/h3-9,17H,2,16H2,1H3. The summed E-state index contributed by atoms with van der Waals surface area (Å²) in [5.74, 6) is 0.591. The Kier molecular flexibility index (Phi) is 4.59. The van der Waals surface area contributed by atoms with Gasteiger partial charge in [-0.05, 0) is 37.3 Å². The molecule has 0 aromatic heterocycles. The summed E-state index contributed by atoms with van der Waals surface area (Å²) in [5, 5.41) is 0.195. The third-order valence-electron chi connectivity index (χ3n) is 2.68. The molecule has 0 fully saturated rings. The minimum atomic E-state index is -3.73. The Morgan fingerprint density at radius 1 is 1.24 bits per heavy atom. The van der Waals surface area contributed by atoms with E-state index >= 15 is 0 Å². The van der Waals surface area contributed by atoms with Crippen molar-refractivity contribution < 1.29 is 13.2 Å². The smallest absolute Gasteiger partial charge is 0.261 e. The summed E-state index contributed by atoms with van der Waals surface area (Å²) < 4.78 is 32.4. The number of benzene rings is 2. The van der Waals surface area contributed by atoms with E-state index in [1.165, 1.54) is 18.2 Å². The average Bonchev–Trinajstić information content (AvgIpc) is 2.42. The lowest BCUT2D eigenvalue weighted by atomic mass is 10.3. The Balaban J connectivity index is 2.28. The number of sulfonamides is 1. The van der Waals surface area contributed by atoms with E-state index in [1.54, 1.807) is 24.3 Å². The van der Waals surface area contributed by atoms with Gasteiger partial charge in [0.1, 0.15) is 5.75 Å². The van der Waals surface area contributed by atoms with Crippen LogP contribution in [0.4, 0.5) is 11.4 Å². The van der Waals surface area contributed by atoms with Gasteiger partial charge in [-0.2, -0.15) is 0 Å². The minimum absolute atomic E-state index is 0.0449. The fourth-order valence-corrected chi connectivity index (χ4v) is 3.03. The zero-order valence-electron chi connectivity index (χ0n) is 11.3. The molecule has 0 saturated carbocycles. The number of nitrogens with one attached hydrogen (secondary N) is 1. The van der Waals surface area contributed by atoms with E-state index in [0.29, 0.717) is 23.7 Å². The maximum atomic E-state index is 12.3. The summed E-state index contributed by atoms with van der Waals surface area (Å²) in [7, 11) is -3.73. The largest absolute Gasteiger partial charge is 0.494 e. The summed E-state index contributed by atoms with van der Waals surface area (Å²) in [6.07, 6.45) is 0. The monoisotopic (exact) mass is 326 g/mol. The second-order valence-corrected chi connectivity index (χ2v) is 6.34. The van der Waals surface area contributed by atoms with Crippen LogP contribution in [0.25, 0.3) is 0 Å². The van der Waals surface area contributed by atoms with Crippen molar-refractivity contribution in [3.8, 4) is 5.75 Å². The average molecular weight is 327 g/mol. The van der Waals surface area contributed by atoms with E-state index in [0.717, 1.165) is 0 Å². The zero-order chi connectivity index (χ0) is 15.5. The first-order chi connectivity index (χ1) is 9.92. The molecule has 21 heavy (non-hydrogen) atoms. The van der Waals surface area contributed by atoms with Crippen molar-refractivity contribution in [3.63, 3.8) is 0 Å². The van der Waals surface area contributed by atoms with Gasteiger partial charge in [0.05, 0.1) is 27.9 Å². The molecule has 2 rings (SSSR count). The lowest BCUT2D eigenvalue weighted by Crippen LogP contribution is -2.13. The Bertz CT molecular complexity index is 748. The Hall–Kier alpha value is -1.92. The Morgan fingerprint density at radius 3 is 2.67 bits per heavy atom. The molecule has 0 atom stereocenters. The van der Waals surface area contributed by atoms with Crippen molar-refractivity contribution in [2.45, 2.75) is 11.8 Å². The van der Waals surface area contributed by atoms with Crippen molar-refractivity contribution in [3.05, 3.63) is 47.5 Å². The van der Waals surface area contributed by atoms with E-state index in [-0.39, 0.29) is 9.92 Å². The fraction of sp³-hybridized carbons (Fsp3) is 0.143. The molecule has 5 nitrogen and oxygen atoms in total. The molecule has 2 aromatic carbocycles. The van der Waals surface area contributed by atoms with Gasteiger partial charge in [0.25, 0.3) is 10.0 Å². The molecular weight excluding hydrogens is 312 g/mol. The molecule has 0 amide bonds. The number of hydrogen-bond acceptors (Lipinski definition) is 4. The van der Waals surface area contributed by atoms with Crippen LogP contribution in [0, 0.1) is 0 Å². The highest BCUT2D eigenvalue weighted by Crippen LogP contribution is 2.25. The molecule has 0 aliphatic carbocycles. The van der Waals surface area contributed by atoms with Gasteiger partial charge < -0.3 is 10.5 Å². The normalized spacial score (nSPS) is 11.1. The van der Waals surface area contributed by atoms with Crippen LogP contribution in [0.2, 0.25) is 5.02 Å². The lowest BCUT2D eigenvalue weighted by molar-refractivity contribution is 0.340. The molecule has 0 heterocycles. The zero-order valence-corrected chi connectivity index (χ0v) is 12.9. The molecule has 0 unspecified atom stereocenters. The van der Waals surface area contributed by atoms with Crippen molar-refractivity contribution >= 4 is 33.0 Å². The number of ether oxygens (including phenoxy) is 1. The van der Waals surface area contributed by atoms with Gasteiger partial charge >= 0.3 is 0 Å². The number of hydrogen-bond donors (Lipinski definition) is 2. The second-order valence-electron chi connectivity index (χ2n) is 4.25. The molecule has 0 radical (unpaired) electrons.